The van der Waals surface area contributed by atoms with Crippen LogP contribution in [0.3, 0.4) is 0 Å². The van der Waals surface area contributed by atoms with Crippen LogP contribution in [0, 0.1) is 27.6 Å². The highest BCUT2D eigenvalue weighted by Gasteiger charge is 2.11. The lowest BCUT2D eigenvalue weighted by molar-refractivity contribution is -0.400. The molecule has 6 heteroatoms. The molecule has 0 N–H and O–H groups in total. The van der Waals surface area contributed by atoms with Crippen molar-refractivity contribution < 1.29 is 18.1 Å². The molecule has 0 bridgehead atoms. The van der Waals surface area contributed by atoms with Gasteiger partial charge in [-0.15, -0.1) is 0 Å². The highest BCUT2D eigenvalue weighted by atomic mass is 19.2. The molecule has 0 heterocycles. The summed E-state index contributed by atoms with van der Waals surface area (Å²) in [5.41, 5.74) is -0.374. The molecule has 3 nitrogen and oxygen atoms in total. The van der Waals surface area contributed by atoms with E-state index in [1.165, 1.54) is 0 Å². The van der Waals surface area contributed by atoms with E-state index in [1.54, 1.807) is 0 Å². The maximum Gasteiger partial charge on any atom is 0.235 e. The number of hydrogen-bond acceptors (Lipinski definition) is 2. The Hall–Kier alpha value is -1.85. The Kier molecular flexibility index (Phi) is 2.85. The van der Waals surface area contributed by atoms with E-state index in [0.29, 0.717) is 12.3 Å². The van der Waals surface area contributed by atoms with E-state index in [2.05, 4.69) is 0 Å². The van der Waals surface area contributed by atoms with Crippen molar-refractivity contribution in [3.05, 3.63) is 51.5 Å². The molecule has 0 unspecified atom stereocenters. The van der Waals surface area contributed by atoms with Crippen molar-refractivity contribution in [3.63, 3.8) is 0 Å². The zero-order valence-electron chi connectivity index (χ0n) is 6.71. The van der Waals surface area contributed by atoms with Crippen LogP contribution >= 0.6 is 0 Å². The lowest BCUT2D eigenvalue weighted by Gasteiger charge is -1.97. The van der Waals surface area contributed by atoms with Crippen LogP contribution in [0.25, 0.3) is 6.08 Å². The second-order valence-corrected chi connectivity index (χ2v) is 2.37. The molecule has 0 spiro atoms. The fourth-order valence-corrected chi connectivity index (χ4v) is 0.811. The molecule has 14 heavy (non-hydrogen) atoms. The van der Waals surface area contributed by atoms with Crippen molar-refractivity contribution in [1.29, 1.82) is 0 Å². The minimum Gasteiger partial charge on any atom is -0.259 e. The Balaban J connectivity index is 3.12. The summed E-state index contributed by atoms with van der Waals surface area (Å²) in [6.45, 7) is 0. The van der Waals surface area contributed by atoms with E-state index in [9.17, 15) is 23.3 Å². The number of nitro groups is 1. The van der Waals surface area contributed by atoms with E-state index in [0.717, 1.165) is 12.1 Å². The summed E-state index contributed by atoms with van der Waals surface area (Å²) in [4.78, 5) is 9.03. The molecule has 1 aromatic rings. The molecule has 1 rings (SSSR count). The third-order valence-electron chi connectivity index (χ3n) is 1.44. The summed E-state index contributed by atoms with van der Waals surface area (Å²) in [5.74, 6) is -4.42. The lowest BCUT2D eigenvalue weighted by atomic mass is 10.2. The second-order valence-electron chi connectivity index (χ2n) is 2.37. The van der Waals surface area contributed by atoms with Crippen LogP contribution in [-0.2, 0) is 0 Å². The summed E-state index contributed by atoms with van der Waals surface area (Å²) in [7, 11) is 0. The van der Waals surface area contributed by atoms with Gasteiger partial charge in [0.15, 0.2) is 17.5 Å². The van der Waals surface area contributed by atoms with Crippen LogP contribution in [0.2, 0.25) is 0 Å². The van der Waals surface area contributed by atoms with Gasteiger partial charge in [0.05, 0.1) is 4.92 Å². The van der Waals surface area contributed by atoms with Crippen molar-refractivity contribution >= 4 is 6.08 Å². The molecule has 0 radical (unpaired) electrons. The quantitative estimate of drug-likeness (QED) is 0.420. The SMILES string of the molecule is O=[N+]([O-])/C=C/c1ccc(F)c(F)c1F. The molecule has 0 saturated carbocycles. The Morgan fingerprint density at radius 3 is 2.43 bits per heavy atom. The van der Waals surface area contributed by atoms with Crippen molar-refractivity contribution in [1.82, 2.24) is 0 Å². The predicted octanol–water partition coefficient (Wildman–Crippen LogP) is 2.35. The van der Waals surface area contributed by atoms with Gasteiger partial charge >= 0.3 is 0 Å². The summed E-state index contributed by atoms with van der Waals surface area (Å²) in [6.07, 6.45) is 1.19. The third kappa shape index (κ3) is 2.09. The van der Waals surface area contributed by atoms with Crippen molar-refractivity contribution in [2.24, 2.45) is 0 Å². The molecular formula is C8H4F3NO2. The van der Waals surface area contributed by atoms with Crippen LogP contribution in [0.1, 0.15) is 5.56 Å². The van der Waals surface area contributed by atoms with E-state index >= 15 is 0 Å². The first kappa shape index (κ1) is 10.2. The zero-order valence-corrected chi connectivity index (χ0v) is 6.71. The molecule has 0 aliphatic heterocycles. The Morgan fingerprint density at radius 2 is 1.86 bits per heavy atom. The van der Waals surface area contributed by atoms with Crippen molar-refractivity contribution in [2.45, 2.75) is 0 Å². The Bertz CT molecular complexity index is 404. The summed E-state index contributed by atoms with van der Waals surface area (Å²) in [5, 5.41) is 9.86. The Morgan fingerprint density at radius 1 is 1.21 bits per heavy atom. The van der Waals surface area contributed by atoms with Crippen molar-refractivity contribution in [3.8, 4) is 0 Å². The molecular weight excluding hydrogens is 199 g/mol. The molecule has 1 aromatic carbocycles. The average Bonchev–Trinajstić information content (AvgIpc) is 2.13. The molecule has 0 aliphatic rings. The monoisotopic (exact) mass is 203 g/mol. The minimum absolute atomic E-state index is 0.374. The van der Waals surface area contributed by atoms with Crippen LogP contribution < -0.4 is 0 Å². The smallest absolute Gasteiger partial charge is 0.235 e. The van der Waals surface area contributed by atoms with Gasteiger partial charge in [0.25, 0.3) is 0 Å². The molecule has 0 aliphatic carbocycles. The van der Waals surface area contributed by atoms with Crippen LogP contribution in [0.4, 0.5) is 13.2 Å². The van der Waals surface area contributed by atoms with Gasteiger partial charge in [-0.3, -0.25) is 10.1 Å². The van der Waals surface area contributed by atoms with Crippen molar-refractivity contribution in [2.75, 3.05) is 0 Å². The van der Waals surface area contributed by atoms with E-state index in [4.69, 9.17) is 0 Å². The average molecular weight is 203 g/mol. The van der Waals surface area contributed by atoms with Gasteiger partial charge in [-0.25, -0.2) is 13.2 Å². The first-order chi connectivity index (χ1) is 6.52. The number of halogens is 3. The molecule has 0 saturated heterocycles. The summed E-state index contributed by atoms with van der Waals surface area (Å²) in [6, 6.07) is 1.60. The third-order valence-corrected chi connectivity index (χ3v) is 1.44. The zero-order chi connectivity index (χ0) is 10.7. The normalized spacial score (nSPS) is 10.8. The number of nitrogens with zero attached hydrogens (tertiary/aromatic N) is 1. The van der Waals surface area contributed by atoms with Gasteiger partial charge in [-0.05, 0) is 12.1 Å². The van der Waals surface area contributed by atoms with E-state index in [-0.39, 0.29) is 5.56 Å². The number of benzene rings is 1. The fourth-order valence-electron chi connectivity index (χ4n) is 0.811. The van der Waals surface area contributed by atoms with E-state index < -0.39 is 22.4 Å². The van der Waals surface area contributed by atoms with Gasteiger partial charge in [0, 0.05) is 11.6 Å². The fraction of sp³-hybridized carbons (Fsp3) is 0. The van der Waals surface area contributed by atoms with Gasteiger partial charge < -0.3 is 0 Å². The number of rotatable bonds is 2. The predicted molar refractivity (Wildman–Crippen MR) is 42.3 cm³/mol. The largest absolute Gasteiger partial charge is 0.259 e. The molecule has 0 atom stereocenters. The first-order valence-corrected chi connectivity index (χ1v) is 3.47. The molecule has 74 valence electrons. The second kappa shape index (κ2) is 3.91. The van der Waals surface area contributed by atoms with Gasteiger partial charge in [0.2, 0.25) is 6.20 Å². The molecule has 0 amide bonds. The number of hydrogen-bond donors (Lipinski definition) is 0. The minimum atomic E-state index is -1.64. The van der Waals surface area contributed by atoms with E-state index in [1.807, 2.05) is 0 Å². The van der Waals surface area contributed by atoms with Crippen LogP contribution in [0.5, 0.6) is 0 Å². The summed E-state index contributed by atoms with van der Waals surface area (Å²) >= 11 is 0. The molecule has 0 fully saturated rings. The highest BCUT2D eigenvalue weighted by molar-refractivity contribution is 5.48. The van der Waals surface area contributed by atoms with Crippen LogP contribution in [-0.4, -0.2) is 4.92 Å². The topological polar surface area (TPSA) is 43.1 Å². The standard InChI is InChI=1S/C8H4F3NO2/c9-6-2-1-5(3-4-12(13)14)7(10)8(6)11/h1-4H/b4-3+. The molecule has 0 aromatic heterocycles. The first-order valence-electron chi connectivity index (χ1n) is 3.47. The van der Waals surface area contributed by atoms with Gasteiger partial charge in [-0.1, -0.05) is 0 Å². The van der Waals surface area contributed by atoms with Gasteiger partial charge in [0.1, 0.15) is 0 Å². The van der Waals surface area contributed by atoms with Gasteiger partial charge in [-0.2, -0.15) is 0 Å². The van der Waals surface area contributed by atoms with Crippen LogP contribution in [0.15, 0.2) is 18.3 Å². The maximum atomic E-state index is 12.8. The lowest BCUT2D eigenvalue weighted by Crippen LogP contribution is -1.93. The Labute approximate surface area is 76.6 Å². The summed E-state index contributed by atoms with van der Waals surface area (Å²) < 4.78 is 37.8. The maximum absolute atomic E-state index is 12.8. The highest BCUT2D eigenvalue weighted by Crippen LogP contribution is 2.16.